The summed E-state index contributed by atoms with van der Waals surface area (Å²) in [6.07, 6.45) is 0. The first-order valence-corrected chi connectivity index (χ1v) is 6.39. The van der Waals surface area contributed by atoms with E-state index in [1.807, 2.05) is 0 Å². The van der Waals surface area contributed by atoms with Crippen LogP contribution in [0.15, 0.2) is 36.4 Å². The summed E-state index contributed by atoms with van der Waals surface area (Å²) in [6, 6.07) is 8.80. The molecule has 20 heavy (non-hydrogen) atoms. The number of anilines is 1. The number of halogens is 3. The van der Waals surface area contributed by atoms with Crippen LogP contribution in [0.4, 0.5) is 10.1 Å². The van der Waals surface area contributed by atoms with Gasteiger partial charge in [0.1, 0.15) is 18.0 Å². The van der Waals surface area contributed by atoms with Crippen LogP contribution in [0.3, 0.4) is 0 Å². The van der Waals surface area contributed by atoms with Gasteiger partial charge in [0.2, 0.25) is 0 Å². The predicted molar refractivity (Wildman–Crippen MR) is 76.4 cm³/mol. The third-order valence-corrected chi connectivity index (χ3v) is 3.21. The maximum atomic E-state index is 13.0. The monoisotopic (exact) mass is 313 g/mol. The lowest BCUT2D eigenvalue weighted by atomic mass is 10.2. The van der Waals surface area contributed by atoms with Gasteiger partial charge in [-0.3, -0.25) is 0 Å². The van der Waals surface area contributed by atoms with Gasteiger partial charge in [-0.15, -0.1) is 0 Å². The number of ether oxygens (including phenoxy) is 1. The lowest BCUT2D eigenvalue weighted by Gasteiger charge is -2.09. The van der Waals surface area contributed by atoms with Gasteiger partial charge >= 0.3 is 5.97 Å². The van der Waals surface area contributed by atoms with Crippen molar-refractivity contribution in [1.29, 1.82) is 0 Å². The number of hydrogen-bond acceptors (Lipinski definition) is 3. The molecule has 104 valence electrons. The molecule has 6 heteroatoms. The van der Waals surface area contributed by atoms with E-state index in [2.05, 4.69) is 0 Å². The van der Waals surface area contributed by atoms with E-state index in [1.165, 1.54) is 18.2 Å². The Bertz CT molecular complexity index is 641. The quantitative estimate of drug-likeness (QED) is 0.686. The minimum atomic E-state index is -0.645. The maximum absolute atomic E-state index is 13.0. The normalized spacial score (nSPS) is 10.3. The summed E-state index contributed by atoms with van der Waals surface area (Å²) in [7, 11) is 0. The van der Waals surface area contributed by atoms with E-state index in [0.29, 0.717) is 5.56 Å². The summed E-state index contributed by atoms with van der Waals surface area (Å²) in [5, 5.41) is 0.183. The Kier molecular flexibility index (Phi) is 4.47. The van der Waals surface area contributed by atoms with Gasteiger partial charge in [-0.1, -0.05) is 35.3 Å². The Balaban J connectivity index is 2.11. The molecule has 0 atom stereocenters. The topological polar surface area (TPSA) is 52.3 Å². The molecule has 0 saturated carbocycles. The second-order valence-corrected chi connectivity index (χ2v) is 4.84. The molecule has 0 heterocycles. The fourth-order valence-electron chi connectivity index (χ4n) is 1.61. The first-order chi connectivity index (χ1) is 9.49. The number of nitrogens with two attached hydrogens (primary N) is 1. The van der Waals surface area contributed by atoms with Crippen molar-refractivity contribution in [2.24, 2.45) is 0 Å². The Morgan fingerprint density at radius 1 is 1.20 bits per heavy atom. The van der Waals surface area contributed by atoms with E-state index >= 15 is 0 Å². The standard InChI is InChI=1S/C14H10Cl2FNO2/c15-9-2-1-3-12(18)13(9)14(19)20-7-8-4-5-11(17)10(16)6-8/h1-6H,7,18H2. The summed E-state index contributed by atoms with van der Waals surface area (Å²) < 4.78 is 18.1. The van der Waals surface area contributed by atoms with Crippen molar-refractivity contribution in [3.8, 4) is 0 Å². The van der Waals surface area contributed by atoms with Crippen molar-refractivity contribution in [3.63, 3.8) is 0 Å². The van der Waals surface area contributed by atoms with Crippen LogP contribution in [0.1, 0.15) is 15.9 Å². The third kappa shape index (κ3) is 3.21. The lowest BCUT2D eigenvalue weighted by Crippen LogP contribution is -2.09. The molecule has 0 spiro atoms. The molecular weight excluding hydrogens is 304 g/mol. The highest BCUT2D eigenvalue weighted by atomic mass is 35.5. The summed E-state index contributed by atoms with van der Waals surface area (Å²) in [4.78, 5) is 11.9. The van der Waals surface area contributed by atoms with Gasteiger partial charge in [0.25, 0.3) is 0 Å². The van der Waals surface area contributed by atoms with E-state index in [9.17, 15) is 9.18 Å². The summed E-state index contributed by atoms with van der Waals surface area (Å²) >= 11 is 11.5. The molecule has 2 N–H and O–H groups in total. The van der Waals surface area contributed by atoms with Crippen LogP contribution in [0.2, 0.25) is 10.0 Å². The smallest absolute Gasteiger partial charge is 0.342 e. The van der Waals surface area contributed by atoms with E-state index in [-0.39, 0.29) is 27.9 Å². The van der Waals surface area contributed by atoms with Gasteiger partial charge in [-0.05, 0) is 29.8 Å². The Morgan fingerprint density at radius 2 is 1.95 bits per heavy atom. The minimum absolute atomic E-state index is 0.0317. The van der Waals surface area contributed by atoms with Gasteiger partial charge in [0.05, 0.1) is 10.0 Å². The van der Waals surface area contributed by atoms with Crippen LogP contribution in [0.25, 0.3) is 0 Å². The average molecular weight is 314 g/mol. The molecular formula is C14H10Cl2FNO2. The lowest BCUT2D eigenvalue weighted by molar-refractivity contribution is 0.0474. The van der Waals surface area contributed by atoms with Gasteiger partial charge in [-0.25, -0.2) is 9.18 Å². The zero-order chi connectivity index (χ0) is 14.7. The molecule has 0 saturated heterocycles. The molecule has 2 aromatic rings. The second kappa shape index (κ2) is 6.11. The average Bonchev–Trinajstić information content (AvgIpc) is 2.40. The van der Waals surface area contributed by atoms with Crippen molar-refractivity contribution in [2.45, 2.75) is 6.61 Å². The van der Waals surface area contributed by atoms with E-state index < -0.39 is 11.8 Å². The fraction of sp³-hybridized carbons (Fsp3) is 0.0714. The van der Waals surface area contributed by atoms with E-state index in [1.54, 1.807) is 18.2 Å². The highest BCUT2D eigenvalue weighted by Gasteiger charge is 2.15. The van der Waals surface area contributed by atoms with Crippen molar-refractivity contribution in [2.75, 3.05) is 5.73 Å². The van der Waals surface area contributed by atoms with Crippen LogP contribution in [-0.4, -0.2) is 5.97 Å². The van der Waals surface area contributed by atoms with Crippen LogP contribution in [0.5, 0.6) is 0 Å². The second-order valence-electron chi connectivity index (χ2n) is 4.03. The number of nitrogen functional groups attached to an aromatic ring is 1. The molecule has 0 radical (unpaired) electrons. The molecule has 0 fully saturated rings. The number of carbonyl (C=O) groups excluding carboxylic acids is 1. The molecule has 0 bridgehead atoms. The fourth-order valence-corrected chi connectivity index (χ4v) is 2.07. The number of rotatable bonds is 3. The van der Waals surface area contributed by atoms with Crippen LogP contribution < -0.4 is 5.73 Å². The molecule has 2 aromatic carbocycles. The number of benzene rings is 2. The van der Waals surface area contributed by atoms with Crippen LogP contribution in [0, 0.1) is 5.82 Å². The Hall–Kier alpha value is -1.78. The molecule has 0 aliphatic carbocycles. The Labute approximate surface area is 125 Å². The maximum Gasteiger partial charge on any atom is 0.342 e. The van der Waals surface area contributed by atoms with Crippen LogP contribution in [-0.2, 0) is 11.3 Å². The van der Waals surface area contributed by atoms with Gasteiger partial charge in [0, 0.05) is 5.69 Å². The molecule has 2 rings (SSSR count). The van der Waals surface area contributed by atoms with Gasteiger partial charge in [-0.2, -0.15) is 0 Å². The van der Waals surface area contributed by atoms with Crippen molar-refractivity contribution in [3.05, 3.63) is 63.4 Å². The summed E-state index contributed by atoms with van der Waals surface area (Å²) in [5.74, 6) is -1.18. The largest absolute Gasteiger partial charge is 0.457 e. The van der Waals surface area contributed by atoms with E-state index in [4.69, 9.17) is 33.7 Å². The SMILES string of the molecule is Nc1cccc(Cl)c1C(=O)OCc1ccc(F)c(Cl)c1. The van der Waals surface area contributed by atoms with Crippen molar-refractivity contribution in [1.82, 2.24) is 0 Å². The zero-order valence-corrected chi connectivity index (χ0v) is 11.7. The first-order valence-electron chi connectivity index (χ1n) is 5.64. The highest BCUT2D eigenvalue weighted by molar-refractivity contribution is 6.34. The zero-order valence-electron chi connectivity index (χ0n) is 10.2. The number of esters is 1. The van der Waals surface area contributed by atoms with Crippen LogP contribution >= 0.6 is 23.2 Å². The third-order valence-electron chi connectivity index (χ3n) is 2.60. The molecule has 0 unspecified atom stereocenters. The van der Waals surface area contributed by atoms with Gasteiger partial charge in [0.15, 0.2) is 0 Å². The molecule has 0 aliphatic heterocycles. The first kappa shape index (κ1) is 14.6. The number of hydrogen-bond donors (Lipinski definition) is 1. The van der Waals surface area contributed by atoms with Crippen molar-refractivity contribution >= 4 is 34.9 Å². The highest BCUT2D eigenvalue weighted by Crippen LogP contribution is 2.23. The Morgan fingerprint density at radius 3 is 2.60 bits per heavy atom. The van der Waals surface area contributed by atoms with Gasteiger partial charge < -0.3 is 10.5 Å². The molecule has 0 amide bonds. The molecule has 3 nitrogen and oxygen atoms in total. The summed E-state index contributed by atoms with van der Waals surface area (Å²) in [6.45, 7) is -0.0521. The molecule has 0 aliphatic rings. The van der Waals surface area contributed by atoms with E-state index in [0.717, 1.165) is 0 Å². The molecule has 0 aromatic heterocycles. The minimum Gasteiger partial charge on any atom is -0.457 e. The number of carbonyl (C=O) groups is 1. The predicted octanol–water partition coefficient (Wildman–Crippen LogP) is 4.07. The van der Waals surface area contributed by atoms with Crippen molar-refractivity contribution < 1.29 is 13.9 Å². The summed E-state index contributed by atoms with van der Waals surface area (Å²) in [5.41, 5.74) is 6.59.